The van der Waals surface area contributed by atoms with Crippen LogP contribution < -0.4 is 5.32 Å². The molecule has 2 N–H and O–H groups in total. The van der Waals surface area contributed by atoms with Crippen LogP contribution in [0.1, 0.15) is 40.0 Å². The molecule has 0 heterocycles. The molecule has 1 aliphatic carbocycles. The Balaban J connectivity index is 2.71. The highest BCUT2D eigenvalue weighted by Crippen LogP contribution is 2.38. The molecule has 116 valence electrons. The molecule has 1 saturated carbocycles. The molecular formula is C14H26N2O4. The molecule has 0 aromatic heterocycles. The Morgan fingerprint density at radius 1 is 1.55 bits per heavy atom. The van der Waals surface area contributed by atoms with Gasteiger partial charge in [0.05, 0.1) is 18.1 Å². The van der Waals surface area contributed by atoms with E-state index in [-0.39, 0.29) is 18.1 Å². The van der Waals surface area contributed by atoms with Gasteiger partial charge in [-0.15, -0.1) is 0 Å². The largest absolute Gasteiger partial charge is 0.481 e. The van der Waals surface area contributed by atoms with Crippen LogP contribution in [0.5, 0.6) is 0 Å². The molecule has 6 nitrogen and oxygen atoms in total. The van der Waals surface area contributed by atoms with Crippen molar-refractivity contribution in [2.75, 3.05) is 20.3 Å². The Kier molecular flexibility index (Phi) is 5.80. The lowest BCUT2D eigenvalue weighted by atomic mass is 9.85. The molecule has 6 heteroatoms. The number of urea groups is 1. The van der Waals surface area contributed by atoms with E-state index >= 15 is 0 Å². The third-order valence-corrected chi connectivity index (χ3v) is 4.29. The Hall–Kier alpha value is -1.30. The van der Waals surface area contributed by atoms with Gasteiger partial charge in [0, 0.05) is 19.7 Å². The number of aliphatic carboxylic acids is 1. The SMILES string of the molecule is CCN(C(=O)NC1CCCC1(C)C(=O)O)C(C)COC. The van der Waals surface area contributed by atoms with Crippen LogP contribution in [-0.2, 0) is 9.53 Å². The summed E-state index contributed by atoms with van der Waals surface area (Å²) in [5, 5.41) is 12.3. The highest BCUT2D eigenvalue weighted by Gasteiger charge is 2.46. The minimum Gasteiger partial charge on any atom is -0.481 e. The van der Waals surface area contributed by atoms with Gasteiger partial charge in [-0.2, -0.15) is 0 Å². The lowest BCUT2D eigenvalue weighted by Crippen LogP contribution is -2.53. The van der Waals surface area contributed by atoms with Gasteiger partial charge in [0.2, 0.25) is 0 Å². The zero-order chi connectivity index (χ0) is 15.3. The molecule has 3 atom stereocenters. The molecular weight excluding hydrogens is 260 g/mol. The minimum atomic E-state index is -0.862. The molecule has 1 fully saturated rings. The average Bonchev–Trinajstić information content (AvgIpc) is 2.73. The van der Waals surface area contributed by atoms with Gasteiger partial charge in [-0.3, -0.25) is 4.79 Å². The van der Waals surface area contributed by atoms with Crippen molar-refractivity contribution < 1.29 is 19.4 Å². The second-order valence-electron chi connectivity index (χ2n) is 5.71. The van der Waals surface area contributed by atoms with Crippen LogP contribution in [0.15, 0.2) is 0 Å². The van der Waals surface area contributed by atoms with Crippen LogP contribution in [0.25, 0.3) is 0 Å². The van der Waals surface area contributed by atoms with Crippen molar-refractivity contribution in [2.24, 2.45) is 5.41 Å². The first-order chi connectivity index (χ1) is 9.36. The van der Waals surface area contributed by atoms with Gasteiger partial charge in [0.1, 0.15) is 0 Å². The molecule has 0 aromatic rings. The number of carboxylic acids is 1. The number of ether oxygens (including phenoxy) is 1. The monoisotopic (exact) mass is 286 g/mol. The smallest absolute Gasteiger partial charge is 0.317 e. The molecule has 0 saturated heterocycles. The fourth-order valence-corrected chi connectivity index (χ4v) is 2.87. The fraction of sp³-hybridized carbons (Fsp3) is 0.857. The second kappa shape index (κ2) is 6.92. The number of carbonyl (C=O) groups is 2. The van der Waals surface area contributed by atoms with Gasteiger partial charge in [0.15, 0.2) is 0 Å². The molecule has 0 aliphatic heterocycles. The summed E-state index contributed by atoms with van der Waals surface area (Å²) in [6, 6.07) is -0.560. The van der Waals surface area contributed by atoms with E-state index in [1.54, 1.807) is 18.9 Å². The van der Waals surface area contributed by atoms with E-state index in [4.69, 9.17) is 4.74 Å². The topological polar surface area (TPSA) is 78.9 Å². The molecule has 1 rings (SSSR count). The van der Waals surface area contributed by atoms with E-state index in [2.05, 4.69) is 5.32 Å². The van der Waals surface area contributed by atoms with Crippen molar-refractivity contribution in [3.63, 3.8) is 0 Å². The third kappa shape index (κ3) is 3.42. The van der Waals surface area contributed by atoms with E-state index in [9.17, 15) is 14.7 Å². The molecule has 0 radical (unpaired) electrons. The minimum absolute atomic E-state index is 0.0394. The predicted molar refractivity (Wildman–Crippen MR) is 75.6 cm³/mol. The zero-order valence-electron chi connectivity index (χ0n) is 12.8. The molecule has 0 aromatic carbocycles. The molecule has 3 unspecified atom stereocenters. The van der Waals surface area contributed by atoms with Gasteiger partial charge in [-0.25, -0.2) is 4.79 Å². The summed E-state index contributed by atoms with van der Waals surface area (Å²) in [6.07, 6.45) is 2.14. The van der Waals surface area contributed by atoms with Crippen molar-refractivity contribution in [1.29, 1.82) is 0 Å². The number of nitrogens with one attached hydrogen (secondary N) is 1. The maximum absolute atomic E-state index is 12.3. The number of carbonyl (C=O) groups excluding carboxylic acids is 1. The zero-order valence-corrected chi connectivity index (χ0v) is 12.8. The summed E-state index contributed by atoms with van der Waals surface area (Å²) in [6.45, 7) is 6.55. The predicted octanol–water partition coefficient (Wildman–Crippen LogP) is 1.70. The number of hydrogen-bond acceptors (Lipinski definition) is 3. The molecule has 1 aliphatic rings. The van der Waals surface area contributed by atoms with E-state index in [1.807, 2.05) is 13.8 Å². The number of hydrogen-bond donors (Lipinski definition) is 2. The van der Waals surface area contributed by atoms with Crippen molar-refractivity contribution in [3.05, 3.63) is 0 Å². The summed E-state index contributed by atoms with van der Waals surface area (Å²) in [7, 11) is 1.60. The number of likely N-dealkylation sites (N-methyl/N-ethyl adjacent to an activating group) is 1. The number of carboxylic acid groups (broad SMARTS) is 1. The maximum atomic E-state index is 12.3. The number of rotatable bonds is 6. The quantitative estimate of drug-likeness (QED) is 0.779. The Morgan fingerprint density at radius 2 is 2.20 bits per heavy atom. The average molecular weight is 286 g/mol. The first-order valence-corrected chi connectivity index (χ1v) is 7.16. The van der Waals surface area contributed by atoms with Crippen molar-refractivity contribution in [3.8, 4) is 0 Å². The number of amides is 2. The summed E-state index contributed by atoms with van der Waals surface area (Å²) in [5.74, 6) is -0.840. The Morgan fingerprint density at radius 3 is 2.70 bits per heavy atom. The molecule has 20 heavy (non-hydrogen) atoms. The molecule has 0 spiro atoms. The van der Waals surface area contributed by atoms with Crippen LogP contribution >= 0.6 is 0 Å². The summed E-state index contributed by atoms with van der Waals surface area (Å²) < 4.78 is 5.07. The second-order valence-corrected chi connectivity index (χ2v) is 5.71. The van der Waals surface area contributed by atoms with Gasteiger partial charge < -0.3 is 20.1 Å². The lowest BCUT2D eigenvalue weighted by Gasteiger charge is -2.33. The highest BCUT2D eigenvalue weighted by molar-refractivity contribution is 5.79. The van der Waals surface area contributed by atoms with Gasteiger partial charge in [-0.05, 0) is 33.6 Å². The fourth-order valence-electron chi connectivity index (χ4n) is 2.87. The third-order valence-electron chi connectivity index (χ3n) is 4.29. The van der Waals surface area contributed by atoms with Gasteiger partial charge >= 0.3 is 12.0 Å². The molecule has 2 amide bonds. The maximum Gasteiger partial charge on any atom is 0.317 e. The number of nitrogens with zero attached hydrogens (tertiary/aromatic N) is 1. The van der Waals surface area contributed by atoms with E-state index in [0.29, 0.717) is 26.0 Å². The van der Waals surface area contributed by atoms with E-state index < -0.39 is 11.4 Å². The normalized spacial score (nSPS) is 27.1. The van der Waals surface area contributed by atoms with Crippen LogP contribution in [0.4, 0.5) is 4.79 Å². The van der Waals surface area contributed by atoms with E-state index in [0.717, 1.165) is 6.42 Å². The van der Waals surface area contributed by atoms with Gasteiger partial charge in [-0.1, -0.05) is 6.42 Å². The summed E-state index contributed by atoms with van der Waals surface area (Å²) >= 11 is 0. The molecule has 0 bridgehead atoms. The summed E-state index contributed by atoms with van der Waals surface area (Å²) in [4.78, 5) is 25.4. The first kappa shape index (κ1) is 16.8. The lowest BCUT2D eigenvalue weighted by molar-refractivity contribution is -0.148. The van der Waals surface area contributed by atoms with Crippen molar-refractivity contribution >= 4 is 12.0 Å². The Labute approximate surface area is 120 Å². The van der Waals surface area contributed by atoms with Crippen LogP contribution in [-0.4, -0.2) is 54.4 Å². The van der Waals surface area contributed by atoms with Crippen molar-refractivity contribution in [2.45, 2.75) is 52.1 Å². The first-order valence-electron chi connectivity index (χ1n) is 7.16. The summed E-state index contributed by atoms with van der Waals surface area (Å²) in [5.41, 5.74) is -0.862. The van der Waals surface area contributed by atoms with Crippen LogP contribution in [0, 0.1) is 5.41 Å². The standard InChI is InChI=1S/C14H26N2O4/c1-5-16(10(2)9-20-4)13(19)15-11-7-6-8-14(11,3)12(17)18/h10-11H,5-9H2,1-4H3,(H,15,19)(H,17,18). The van der Waals surface area contributed by atoms with Crippen LogP contribution in [0.3, 0.4) is 0 Å². The van der Waals surface area contributed by atoms with Gasteiger partial charge in [0.25, 0.3) is 0 Å². The highest BCUT2D eigenvalue weighted by atomic mass is 16.5. The van der Waals surface area contributed by atoms with E-state index in [1.165, 1.54) is 0 Å². The van der Waals surface area contributed by atoms with Crippen molar-refractivity contribution in [1.82, 2.24) is 10.2 Å². The Bertz CT molecular complexity index is 361. The van der Waals surface area contributed by atoms with Crippen LogP contribution in [0.2, 0.25) is 0 Å². The number of methoxy groups -OCH3 is 1.